The summed E-state index contributed by atoms with van der Waals surface area (Å²) in [6.45, 7) is 3.75. The molecule has 2 aromatic rings. The van der Waals surface area contributed by atoms with Crippen LogP contribution >= 0.6 is 0 Å². The van der Waals surface area contributed by atoms with Crippen molar-refractivity contribution in [1.29, 1.82) is 0 Å². The van der Waals surface area contributed by atoms with Crippen molar-refractivity contribution in [3.63, 3.8) is 0 Å². The zero-order valence-electron chi connectivity index (χ0n) is 10.9. The van der Waals surface area contributed by atoms with Crippen molar-refractivity contribution in [1.82, 2.24) is 15.3 Å². The first kappa shape index (κ1) is 11.9. The third-order valence-electron chi connectivity index (χ3n) is 3.24. The van der Waals surface area contributed by atoms with E-state index in [4.69, 9.17) is 5.73 Å². The van der Waals surface area contributed by atoms with Gasteiger partial charge in [-0.1, -0.05) is 12.1 Å². The highest BCUT2D eigenvalue weighted by atomic mass is 15.1. The Morgan fingerprint density at radius 3 is 3.05 bits per heavy atom. The lowest BCUT2D eigenvalue weighted by atomic mass is 10.1. The number of hydrogen-bond acceptors (Lipinski definition) is 5. The van der Waals surface area contributed by atoms with Gasteiger partial charge in [-0.15, -0.1) is 0 Å². The van der Waals surface area contributed by atoms with Crippen molar-refractivity contribution in [3.05, 3.63) is 41.1 Å². The summed E-state index contributed by atoms with van der Waals surface area (Å²) in [4.78, 5) is 8.88. The molecule has 3 rings (SSSR count). The number of nitrogens with two attached hydrogens (primary N) is 1. The molecule has 0 radical (unpaired) electrons. The molecule has 1 aromatic heterocycles. The summed E-state index contributed by atoms with van der Waals surface area (Å²) < 4.78 is 0. The highest BCUT2D eigenvalue weighted by molar-refractivity contribution is 5.57. The second-order valence-corrected chi connectivity index (χ2v) is 4.78. The number of rotatable bonds is 2. The molecule has 0 saturated heterocycles. The fourth-order valence-corrected chi connectivity index (χ4v) is 2.28. The van der Waals surface area contributed by atoms with E-state index < -0.39 is 0 Å². The van der Waals surface area contributed by atoms with Gasteiger partial charge in [0.1, 0.15) is 5.82 Å². The van der Waals surface area contributed by atoms with Crippen molar-refractivity contribution < 1.29 is 0 Å². The van der Waals surface area contributed by atoms with Crippen LogP contribution < -0.4 is 16.4 Å². The van der Waals surface area contributed by atoms with Crippen LogP contribution in [-0.4, -0.2) is 16.5 Å². The molecule has 19 heavy (non-hydrogen) atoms. The molecule has 0 fully saturated rings. The molecule has 1 aliphatic rings. The Labute approximate surface area is 112 Å². The van der Waals surface area contributed by atoms with Gasteiger partial charge in [-0.2, -0.15) is 4.98 Å². The van der Waals surface area contributed by atoms with Crippen LogP contribution in [0.1, 0.15) is 16.8 Å². The standard InChI is InChI=1S/C14H17N5/c1-9-3-2-4-10(7-9)17-14-18-12-5-6-16-8-11(12)13(15)19-14/h2-4,7,16H,5-6,8H2,1H3,(H3,15,17,18,19). The average Bonchev–Trinajstić information content (AvgIpc) is 2.39. The Hall–Kier alpha value is -2.14. The summed E-state index contributed by atoms with van der Waals surface area (Å²) in [5, 5.41) is 6.49. The summed E-state index contributed by atoms with van der Waals surface area (Å²) in [6, 6.07) is 8.11. The van der Waals surface area contributed by atoms with Gasteiger partial charge in [0.2, 0.25) is 5.95 Å². The van der Waals surface area contributed by atoms with Gasteiger partial charge in [0.05, 0.1) is 5.69 Å². The van der Waals surface area contributed by atoms with Crippen LogP contribution in [0, 0.1) is 6.92 Å². The van der Waals surface area contributed by atoms with Crippen molar-refractivity contribution >= 4 is 17.5 Å². The van der Waals surface area contributed by atoms with Gasteiger partial charge in [0.25, 0.3) is 0 Å². The molecule has 5 nitrogen and oxygen atoms in total. The molecule has 0 saturated carbocycles. The van der Waals surface area contributed by atoms with E-state index in [1.807, 2.05) is 12.1 Å². The normalized spacial score (nSPS) is 13.9. The molecule has 4 N–H and O–H groups in total. The molecule has 0 aliphatic carbocycles. The molecule has 0 amide bonds. The Balaban J connectivity index is 1.91. The fourth-order valence-electron chi connectivity index (χ4n) is 2.28. The highest BCUT2D eigenvalue weighted by Crippen LogP contribution is 2.21. The monoisotopic (exact) mass is 255 g/mol. The number of hydrogen-bond donors (Lipinski definition) is 3. The number of aryl methyl sites for hydroxylation is 1. The number of nitrogens with one attached hydrogen (secondary N) is 2. The first-order valence-corrected chi connectivity index (χ1v) is 6.42. The Bertz CT molecular complexity index is 609. The van der Waals surface area contributed by atoms with Crippen LogP contribution in [0.3, 0.4) is 0 Å². The number of anilines is 3. The third kappa shape index (κ3) is 2.51. The summed E-state index contributed by atoms with van der Waals surface area (Å²) in [6.07, 6.45) is 0.893. The number of benzene rings is 1. The van der Waals surface area contributed by atoms with Crippen LogP contribution in [0.15, 0.2) is 24.3 Å². The first-order chi connectivity index (χ1) is 9.22. The van der Waals surface area contributed by atoms with Crippen molar-refractivity contribution in [2.45, 2.75) is 19.9 Å². The van der Waals surface area contributed by atoms with Gasteiger partial charge < -0.3 is 16.4 Å². The Morgan fingerprint density at radius 1 is 1.32 bits per heavy atom. The van der Waals surface area contributed by atoms with Crippen LogP contribution in [0.2, 0.25) is 0 Å². The summed E-state index contributed by atoms with van der Waals surface area (Å²) in [5.74, 6) is 1.14. The number of fused-ring (bicyclic) bond motifs is 1. The van der Waals surface area contributed by atoms with Gasteiger partial charge in [-0.3, -0.25) is 0 Å². The van der Waals surface area contributed by atoms with E-state index in [2.05, 4.69) is 39.7 Å². The fraction of sp³-hybridized carbons (Fsp3) is 0.286. The largest absolute Gasteiger partial charge is 0.383 e. The molecule has 0 bridgehead atoms. The van der Waals surface area contributed by atoms with Crippen LogP contribution in [-0.2, 0) is 13.0 Å². The zero-order chi connectivity index (χ0) is 13.2. The molecule has 1 aromatic carbocycles. The molecule has 1 aliphatic heterocycles. The van der Waals surface area contributed by atoms with Crippen molar-refractivity contribution in [3.8, 4) is 0 Å². The summed E-state index contributed by atoms with van der Waals surface area (Å²) >= 11 is 0. The molecule has 0 spiro atoms. The minimum Gasteiger partial charge on any atom is -0.383 e. The molecular weight excluding hydrogens is 238 g/mol. The Morgan fingerprint density at radius 2 is 2.21 bits per heavy atom. The third-order valence-corrected chi connectivity index (χ3v) is 3.24. The average molecular weight is 255 g/mol. The molecule has 98 valence electrons. The number of nitrogen functional groups attached to an aromatic ring is 1. The maximum absolute atomic E-state index is 5.99. The predicted molar refractivity (Wildman–Crippen MR) is 76.3 cm³/mol. The topological polar surface area (TPSA) is 75.9 Å². The van der Waals surface area contributed by atoms with E-state index in [0.29, 0.717) is 11.8 Å². The SMILES string of the molecule is Cc1cccc(Nc2nc(N)c3c(n2)CCNC3)c1. The lowest BCUT2D eigenvalue weighted by Crippen LogP contribution is -2.26. The van der Waals surface area contributed by atoms with E-state index in [-0.39, 0.29) is 0 Å². The van der Waals surface area contributed by atoms with E-state index in [0.717, 1.165) is 36.5 Å². The molecule has 0 atom stereocenters. The van der Waals surface area contributed by atoms with Gasteiger partial charge in [-0.05, 0) is 24.6 Å². The van der Waals surface area contributed by atoms with Gasteiger partial charge in [0, 0.05) is 30.8 Å². The second-order valence-electron chi connectivity index (χ2n) is 4.78. The van der Waals surface area contributed by atoms with E-state index in [1.165, 1.54) is 5.56 Å². The van der Waals surface area contributed by atoms with Gasteiger partial charge >= 0.3 is 0 Å². The van der Waals surface area contributed by atoms with Crippen LogP contribution in [0.5, 0.6) is 0 Å². The molecular formula is C14H17N5. The van der Waals surface area contributed by atoms with Crippen LogP contribution in [0.4, 0.5) is 17.5 Å². The van der Waals surface area contributed by atoms with Crippen molar-refractivity contribution in [2.75, 3.05) is 17.6 Å². The first-order valence-electron chi connectivity index (χ1n) is 6.42. The van der Waals surface area contributed by atoms with E-state index >= 15 is 0 Å². The number of nitrogens with zero attached hydrogens (tertiary/aromatic N) is 2. The molecule has 2 heterocycles. The summed E-state index contributed by atoms with van der Waals surface area (Å²) in [5.41, 5.74) is 10.2. The summed E-state index contributed by atoms with van der Waals surface area (Å²) in [7, 11) is 0. The molecule has 5 heteroatoms. The lowest BCUT2D eigenvalue weighted by Gasteiger charge is -2.18. The van der Waals surface area contributed by atoms with Crippen LogP contribution in [0.25, 0.3) is 0 Å². The predicted octanol–water partition coefficient (Wildman–Crippen LogP) is 1.76. The zero-order valence-corrected chi connectivity index (χ0v) is 10.9. The minimum absolute atomic E-state index is 0.562. The second kappa shape index (κ2) is 4.85. The smallest absolute Gasteiger partial charge is 0.229 e. The van der Waals surface area contributed by atoms with Gasteiger partial charge in [0.15, 0.2) is 0 Å². The maximum Gasteiger partial charge on any atom is 0.229 e. The quantitative estimate of drug-likeness (QED) is 0.762. The minimum atomic E-state index is 0.562. The van der Waals surface area contributed by atoms with Gasteiger partial charge in [-0.25, -0.2) is 4.98 Å². The Kier molecular flexibility index (Phi) is 3.05. The van der Waals surface area contributed by atoms with E-state index in [1.54, 1.807) is 0 Å². The number of aromatic nitrogens is 2. The lowest BCUT2D eigenvalue weighted by molar-refractivity contribution is 0.629. The maximum atomic E-state index is 5.99. The van der Waals surface area contributed by atoms with Crippen molar-refractivity contribution in [2.24, 2.45) is 0 Å². The molecule has 0 unspecified atom stereocenters. The van der Waals surface area contributed by atoms with E-state index in [9.17, 15) is 0 Å². The highest BCUT2D eigenvalue weighted by Gasteiger charge is 2.15.